The molecule has 0 aliphatic heterocycles. The van der Waals surface area contributed by atoms with Crippen LogP contribution in [0.3, 0.4) is 0 Å². The predicted octanol–water partition coefficient (Wildman–Crippen LogP) is 1.99. The number of benzene rings is 1. The van der Waals surface area contributed by atoms with Gasteiger partial charge in [-0.1, -0.05) is 12.1 Å². The number of thiophene rings is 1. The lowest BCUT2D eigenvalue weighted by atomic mass is 10.1. The van der Waals surface area contributed by atoms with Gasteiger partial charge in [0.1, 0.15) is 16.4 Å². The first-order valence-electron chi connectivity index (χ1n) is 9.01. The zero-order valence-corrected chi connectivity index (χ0v) is 17.5. The molecular formula is C20H22N4O4S. The Balaban J connectivity index is 1.54. The molecule has 0 spiro atoms. The number of rotatable bonds is 5. The van der Waals surface area contributed by atoms with Crippen molar-refractivity contribution in [2.45, 2.75) is 34.1 Å². The molecule has 8 nitrogen and oxygen atoms in total. The number of hydrogen-bond donors (Lipinski definition) is 3. The number of hydrogen-bond acceptors (Lipinski definition) is 6. The Morgan fingerprint density at radius 3 is 2.62 bits per heavy atom. The van der Waals surface area contributed by atoms with Crippen LogP contribution in [0.1, 0.15) is 27.4 Å². The van der Waals surface area contributed by atoms with Gasteiger partial charge in [0.15, 0.2) is 6.61 Å². The standard InChI is InChI=1S/C20H22N4O4S/c1-10-5-6-11(2)14(7-10)28-9-17(26)24-23-16(25)8-15-21-19(27)18-12(3)13(4)29-20(18)22-15/h5-7H,8-9H2,1-4H3,(H,23,25)(H,24,26)(H,21,22,27). The molecule has 3 rings (SSSR count). The third-order valence-corrected chi connectivity index (χ3v) is 5.56. The second-order valence-electron chi connectivity index (χ2n) is 6.81. The molecule has 152 valence electrons. The van der Waals surface area contributed by atoms with Gasteiger partial charge in [-0.25, -0.2) is 4.98 Å². The Bertz CT molecular complexity index is 1150. The van der Waals surface area contributed by atoms with Gasteiger partial charge < -0.3 is 9.72 Å². The molecule has 0 aliphatic rings. The minimum Gasteiger partial charge on any atom is -0.483 e. The highest BCUT2D eigenvalue weighted by molar-refractivity contribution is 7.18. The van der Waals surface area contributed by atoms with E-state index in [4.69, 9.17) is 4.74 Å². The minimum atomic E-state index is -0.502. The summed E-state index contributed by atoms with van der Waals surface area (Å²) in [6.45, 7) is 7.37. The second-order valence-corrected chi connectivity index (χ2v) is 8.01. The van der Waals surface area contributed by atoms with Crippen LogP contribution in [0.25, 0.3) is 10.2 Å². The number of H-pyrrole nitrogens is 1. The Labute approximate surface area is 171 Å². The Morgan fingerprint density at radius 1 is 1.14 bits per heavy atom. The van der Waals surface area contributed by atoms with E-state index < -0.39 is 11.8 Å². The maximum absolute atomic E-state index is 12.2. The molecule has 0 saturated carbocycles. The number of hydrazine groups is 1. The number of carbonyl (C=O) groups excluding carboxylic acids is 2. The van der Waals surface area contributed by atoms with Crippen LogP contribution in [0.4, 0.5) is 0 Å². The number of nitrogens with one attached hydrogen (secondary N) is 3. The van der Waals surface area contributed by atoms with E-state index >= 15 is 0 Å². The van der Waals surface area contributed by atoms with Crippen LogP contribution < -0.4 is 21.1 Å². The lowest BCUT2D eigenvalue weighted by Gasteiger charge is -2.11. The van der Waals surface area contributed by atoms with Crippen molar-refractivity contribution in [1.82, 2.24) is 20.8 Å². The van der Waals surface area contributed by atoms with Crippen molar-refractivity contribution in [2.75, 3.05) is 6.61 Å². The van der Waals surface area contributed by atoms with Crippen LogP contribution >= 0.6 is 11.3 Å². The molecule has 0 unspecified atom stereocenters. The molecule has 0 aliphatic carbocycles. The third-order valence-electron chi connectivity index (χ3n) is 4.46. The van der Waals surface area contributed by atoms with E-state index in [1.807, 2.05) is 45.9 Å². The quantitative estimate of drug-likeness (QED) is 0.553. The van der Waals surface area contributed by atoms with E-state index in [0.717, 1.165) is 21.6 Å². The summed E-state index contributed by atoms with van der Waals surface area (Å²) in [5, 5.41) is 0.550. The van der Waals surface area contributed by atoms with Gasteiger partial charge in [0.2, 0.25) is 5.91 Å². The molecule has 1 aromatic carbocycles. The number of aromatic amines is 1. The minimum absolute atomic E-state index is 0.167. The molecule has 3 N–H and O–H groups in total. The first kappa shape index (κ1) is 20.5. The molecule has 9 heteroatoms. The summed E-state index contributed by atoms with van der Waals surface area (Å²) in [6.07, 6.45) is -0.167. The van der Waals surface area contributed by atoms with Gasteiger partial charge in [-0.15, -0.1) is 11.3 Å². The lowest BCUT2D eigenvalue weighted by Crippen LogP contribution is -2.44. The van der Waals surface area contributed by atoms with E-state index in [9.17, 15) is 14.4 Å². The fourth-order valence-corrected chi connectivity index (χ4v) is 3.81. The first-order valence-corrected chi connectivity index (χ1v) is 9.83. The average molecular weight is 414 g/mol. The summed E-state index contributed by atoms with van der Waals surface area (Å²) in [5.41, 5.74) is 7.15. The molecule has 0 bridgehead atoms. The molecule has 3 aromatic rings. The van der Waals surface area contributed by atoms with Crippen molar-refractivity contribution in [3.63, 3.8) is 0 Å². The van der Waals surface area contributed by atoms with Crippen LogP contribution in [0.2, 0.25) is 0 Å². The number of aryl methyl sites for hydroxylation is 4. The summed E-state index contributed by atoms with van der Waals surface area (Å²) in [7, 11) is 0. The maximum Gasteiger partial charge on any atom is 0.276 e. The van der Waals surface area contributed by atoms with Crippen molar-refractivity contribution in [3.8, 4) is 5.75 Å². The molecule has 0 saturated heterocycles. The summed E-state index contributed by atoms with van der Waals surface area (Å²) >= 11 is 1.41. The number of aromatic nitrogens is 2. The van der Waals surface area contributed by atoms with E-state index in [2.05, 4.69) is 20.8 Å². The van der Waals surface area contributed by atoms with Gasteiger partial charge >= 0.3 is 0 Å². The van der Waals surface area contributed by atoms with Gasteiger partial charge in [-0.05, 0) is 50.5 Å². The molecule has 2 amide bonds. The van der Waals surface area contributed by atoms with E-state index in [-0.39, 0.29) is 24.4 Å². The summed E-state index contributed by atoms with van der Waals surface area (Å²) < 4.78 is 5.49. The Morgan fingerprint density at radius 2 is 1.86 bits per heavy atom. The van der Waals surface area contributed by atoms with Crippen molar-refractivity contribution < 1.29 is 14.3 Å². The fourth-order valence-electron chi connectivity index (χ4n) is 2.76. The van der Waals surface area contributed by atoms with Crippen molar-refractivity contribution >= 4 is 33.4 Å². The second kappa shape index (κ2) is 8.44. The highest BCUT2D eigenvalue weighted by atomic mass is 32.1. The molecule has 29 heavy (non-hydrogen) atoms. The summed E-state index contributed by atoms with van der Waals surface area (Å²) in [5.74, 6) is -0.150. The summed E-state index contributed by atoms with van der Waals surface area (Å²) in [4.78, 5) is 44.8. The highest BCUT2D eigenvalue weighted by Gasteiger charge is 2.14. The first-order chi connectivity index (χ1) is 13.7. The SMILES string of the molecule is Cc1ccc(C)c(OCC(=O)NNC(=O)Cc2nc3sc(C)c(C)c3c(=O)[nH]2)c1. The number of ether oxygens (including phenoxy) is 1. The number of carbonyl (C=O) groups is 2. The van der Waals surface area contributed by atoms with E-state index in [1.54, 1.807) is 0 Å². The monoisotopic (exact) mass is 414 g/mol. The van der Waals surface area contributed by atoms with Crippen molar-refractivity contribution in [1.29, 1.82) is 0 Å². The zero-order valence-electron chi connectivity index (χ0n) is 16.6. The average Bonchev–Trinajstić information content (AvgIpc) is 2.95. The van der Waals surface area contributed by atoms with Crippen molar-refractivity contribution in [2.24, 2.45) is 0 Å². The Hall–Kier alpha value is -3.20. The summed E-state index contributed by atoms with van der Waals surface area (Å²) in [6, 6.07) is 5.70. The normalized spacial score (nSPS) is 10.8. The smallest absolute Gasteiger partial charge is 0.276 e. The number of amides is 2. The predicted molar refractivity (Wildman–Crippen MR) is 111 cm³/mol. The largest absolute Gasteiger partial charge is 0.483 e. The zero-order chi connectivity index (χ0) is 21.1. The third kappa shape index (κ3) is 4.80. The Kier molecular flexibility index (Phi) is 5.97. The molecule has 0 radical (unpaired) electrons. The number of nitrogens with zero attached hydrogens (tertiary/aromatic N) is 1. The fraction of sp³-hybridized carbons (Fsp3) is 0.300. The molecule has 2 aromatic heterocycles. The molecule has 0 fully saturated rings. The highest BCUT2D eigenvalue weighted by Crippen LogP contribution is 2.25. The van der Waals surface area contributed by atoms with Gasteiger partial charge in [0.05, 0.1) is 11.8 Å². The van der Waals surface area contributed by atoms with E-state index in [0.29, 0.717) is 16.0 Å². The lowest BCUT2D eigenvalue weighted by molar-refractivity contribution is -0.129. The van der Waals surface area contributed by atoms with Crippen LogP contribution in [-0.2, 0) is 16.0 Å². The van der Waals surface area contributed by atoms with Crippen LogP contribution in [0.15, 0.2) is 23.0 Å². The van der Waals surface area contributed by atoms with E-state index in [1.165, 1.54) is 11.3 Å². The molecular weight excluding hydrogens is 392 g/mol. The molecule has 0 atom stereocenters. The number of fused-ring (bicyclic) bond motifs is 1. The van der Waals surface area contributed by atoms with Gasteiger partial charge in [0, 0.05) is 4.88 Å². The molecule has 2 heterocycles. The van der Waals surface area contributed by atoms with Crippen LogP contribution in [0, 0.1) is 27.7 Å². The van der Waals surface area contributed by atoms with Gasteiger partial charge in [-0.2, -0.15) is 0 Å². The van der Waals surface area contributed by atoms with Gasteiger partial charge in [-0.3, -0.25) is 25.2 Å². The van der Waals surface area contributed by atoms with Crippen molar-refractivity contribution in [3.05, 3.63) is 55.9 Å². The topological polar surface area (TPSA) is 113 Å². The maximum atomic E-state index is 12.2. The van der Waals surface area contributed by atoms with Crippen LogP contribution in [-0.4, -0.2) is 28.4 Å². The van der Waals surface area contributed by atoms with Crippen LogP contribution in [0.5, 0.6) is 5.75 Å². The van der Waals surface area contributed by atoms with Gasteiger partial charge in [0.25, 0.3) is 11.5 Å².